The van der Waals surface area contributed by atoms with E-state index >= 15 is 0 Å². The Morgan fingerprint density at radius 2 is 1.73 bits per heavy atom. The normalized spacial score (nSPS) is 18.2. The minimum Gasteiger partial charge on any atom is -0.325 e. The molecule has 2 aliphatic rings. The lowest BCUT2D eigenvalue weighted by molar-refractivity contribution is -0.137. The number of hydrogen-bond acceptors (Lipinski definition) is 2. The SMILES string of the molecule is O=C(Nc1cccc(C(F)(F)F)c1)N1CCC(CN2CCc3ccccc3C2)CC1. The van der Waals surface area contributed by atoms with Crippen LogP contribution in [0.2, 0.25) is 0 Å². The second-order valence-electron chi connectivity index (χ2n) is 8.19. The van der Waals surface area contributed by atoms with Gasteiger partial charge in [-0.15, -0.1) is 0 Å². The molecule has 0 aliphatic carbocycles. The van der Waals surface area contributed by atoms with Gasteiger partial charge in [-0.05, 0) is 54.5 Å². The average molecular weight is 417 g/mol. The van der Waals surface area contributed by atoms with Crippen LogP contribution in [0.5, 0.6) is 0 Å². The summed E-state index contributed by atoms with van der Waals surface area (Å²) in [5.41, 5.74) is 2.25. The first kappa shape index (κ1) is 20.7. The first-order valence-corrected chi connectivity index (χ1v) is 10.4. The number of halogens is 3. The highest BCUT2D eigenvalue weighted by molar-refractivity contribution is 5.89. The topological polar surface area (TPSA) is 35.6 Å². The van der Waals surface area contributed by atoms with Crippen LogP contribution in [-0.2, 0) is 19.1 Å². The van der Waals surface area contributed by atoms with Crippen molar-refractivity contribution in [2.75, 3.05) is 31.5 Å². The van der Waals surface area contributed by atoms with Crippen molar-refractivity contribution in [3.8, 4) is 0 Å². The lowest BCUT2D eigenvalue weighted by atomic mass is 9.94. The molecule has 0 spiro atoms. The molecule has 0 aromatic heterocycles. The summed E-state index contributed by atoms with van der Waals surface area (Å²) in [6.07, 6.45) is -1.52. The van der Waals surface area contributed by atoms with Gasteiger partial charge in [-0.3, -0.25) is 4.90 Å². The van der Waals surface area contributed by atoms with Crippen LogP contribution in [0.4, 0.5) is 23.7 Å². The van der Waals surface area contributed by atoms with E-state index in [2.05, 4.69) is 34.5 Å². The van der Waals surface area contributed by atoms with Gasteiger partial charge in [0.1, 0.15) is 0 Å². The van der Waals surface area contributed by atoms with E-state index in [0.717, 1.165) is 51.0 Å². The zero-order valence-corrected chi connectivity index (χ0v) is 16.8. The van der Waals surface area contributed by atoms with E-state index in [-0.39, 0.29) is 11.7 Å². The number of hydrogen-bond donors (Lipinski definition) is 1. The number of carbonyl (C=O) groups excluding carboxylic acids is 1. The molecule has 0 atom stereocenters. The second kappa shape index (κ2) is 8.68. The van der Waals surface area contributed by atoms with Gasteiger partial charge in [-0.2, -0.15) is 13.2 Å². The van der Waals surface area contributed by atoms with Crippen LogP contribution in [0.15, 0.2) is 48.5 Å². The number of piperidine rings is 1. The van der Waals surface area contributed by atoms with E-state index in [1.54, 1.807) is 4.90 Å². The van der Waals surface area contributed by atoms with E-state index in [4.69, 9.17) is 0 Å². The summed E-state index contributed by atoms with van der Waals surface area (Å²) in [5.74, 6) is 0.535. The number of carbonyl (C=O) groups is 1. The van der Waals surface area contributed by atoms with E-state index in [1.807, 2.05) is 0 Å². The maximum atomic E-state index is 12.9. The Bertz CT molecular complexity index is 891. The van der Waals surface area contributed by atoms with Crippen molar-refractivity contribution in [2.24, 2.45) is 5.92 Å². The highest BCUT2D eigenvalue weighted by atomic mass is 19.4. The number of benzene rings is 2. The predicted molar refractivity (Wildman–Crippen MR) is 110 cm³/mol. The van der Waals surface area contributed by atoms with Crippen LogP contribution in [0.1, 0.15) is 29.5 Å². The summed E-state index contributed by atoms with van der Waals surface area (Å²) in [7, 11) is 0. The van der Waals surface area contributed by atoms with Gasteiger partial charge >= 0.3 is 12.2 Å². The van der Waals surface area contributed by atoms with Crippen molar-refractivity contribution in [3.63, 3.8) is 0 Å². The van der Waals surface area contributed by atoms with Crippen LogP contribution >= 0.6 is 0 Å². The standard InChI is InChI=1S/C23H26F3N3O/c24-23(25,26)20-6-3-7-21(14-20)27-22(30)29-12-8-17(9-13-29)15-28-11-10-18-4-1-2-5-19(18)16-28/h1-7,14,17H,8-13,15-16H2,(H,27,30). The fourth-order valence-electron chi connectivity index (χ4n) is 4.37. The van der Waals surface area contributed by atoms with Crippen LogP contribution in [0.3, 0.4) is 0 Å². The van der Waals surface area contributed by atoms with Gasteiger partial charge in [0.25, 0.3) is 0 Å². The van der Waals surface area contributed by atoms with E-state index in [1.165, 1.54) is 23.3 Å². The van der Waals surface area contributed by atoms with Gasteiger partial charge in [0.15, 0.2) is 0 Å². The number of rotatable bonds is 3. The zero-order valence-electron chi connectivity index (χ0n) is 16.8. The third kappa shape index (κ3) is 4.95. The first-order valence-electron chi connectivity index (χ1n) is 10.4. The molecule has 1 fully saturated rings. The van der Waals surface area contributed by atoms with Crippen molar-refractivity contribution in [1.29, 1.82) is 0 Å². The number of nitrogens with one attached hydrogen (secondary N) is 1. The summed E-state index contributed by atoms with van der Waals surface area (Å²) < 4.78 is 38.6. The maximum Gasteiger partial charge on any atom is 0.416 e. The number of amides is 2. The quantitative estimate of drug-likeness (QED) is 0.762. The van der Waals surface area contributed by atoms with Crippen molar-refractivity contribution in [1.82, 2.24) is 9.80 Å². The number of fused-ring (bicyclic) bond motifs is 1. The molecule has 30 heavy (non-hydrogen) atoms. The summed E-state index contributed by atoms with van der Waals surface area (Å²) in [6.45, 7) is 4.32. The molecule has 0 saturated carbocycles. The smallest absolute Gasteiger partial charge is 0.325 e. The predicted octanol–water partition coefficient (Wildman–Crippen LogP) is 5.01. The Morgan fingerprint density at radius 1 is 1.00 bits per heavy atom. The first-order chi connectivity index (χ1) is 14.4. The molecule has 160 valence electrons. The summed E-state index contributed by atoms with van der Waals surface area (Å²) in [4.78, 5) is 16.7. The van der Waals surface area contributed by atoms with Gasteiger partial charge < -0.3 is 10.2 Å². The monoisotopic (exact) mass is 417 g/mol. The fourth-order valence-corrected chi connectivity index (χ4v) is 4.37. The largest absolute Gasteiger partial charge is 0.416 e. The molecule has 2 aromatic carbocycles. The van der Waals surface area contributed by atoms with Gasteiger partial charge in [0, 0.05) is 38.4 Å². The Kier molecular flexibility index (Phi) is 5.99. The number of alkyl halides is 3. The van der Waals surface area contributed by atoms with Crippen LogP contribution < -0.4 is 5.32 Å². The molecule has 2 heterocycles. The third-order valence-corrected chi connectivity index (χ3v) is 6.07. The molecule has 7 heteroatoms. The van der Waals surface area contributed by atoms with Crippen molar-refractivity contribution in [3.05, 3.63) is 65.2 Å². The highest BCUT2D eigenvalue weighted by Crippen LogP contribution is 2.31. The lowest BCUT2D eigenvalue weighted by Gasteiger charge is -2.36. The molecule has 1 N–H and O–H groups in total. The molecule has 0 radical (unpaired) electrons. The van der Waals surface area contributed by atoms with Crippen LogP contribution in [-0.4, -0.2) is 42.0 Å². The van der Waals surface area contributed by atoms with Gasteiger partial charge in [-0.25, -0.2) is 4.79 Å². The Hall–Kier alpha value is -2.54. The average Bonchev–Trinajstić information content (AvgIpc) is 2.74. The summed E-state index contributed by atoms with van der Waals surface area (Å²) in [5, 5.41) is 2.61. The van der Waals surface area contributed by atoms with Gasteiger partial charge in [-0.1, -0.05) is 30.3 Å². The van der Waals surface area contributed by atoms with Crippen molar-refractivity contribution < 1.29 is 18.0 Å². The number of anilines is 1. The van der Waals surface area contributed by atoms with Crippen LogP contribution in [0.25, 0.3) is 0 Å². The molecule has 0 bridgehead atoms. The number of nitrogens with zero attached hydrogens (tertiary/aromatic N) is 2. The summed E-state index contributed by atoms with van der Waals surface area (Å²) >= 11 is 0. The molecule has 2 aliphatic heterocycles. The molecule has 4 rings (SSSR count). The lowest BCUT2D eigenvalue weighted by Crippen LogP contribution is -2.44. The van der Waals surface area contributed by atoms with Gasteiger partial charge in [0.05, 0.1) is 5.56 Å². The van der Waals surface area contributed by atoms with E-state index in [9.17, 15) is 18.0 Å². The van der Waals surface area contributed by atoms with E-state index < -0.39 is 11.7 Å². The second-order valence-corrected chi connectivity index (χ2v) is 8.19. The van der Waals surface area contributed by atoms with Crippen LogP contribution in [0, 0.1) is 5.92 Å². The van der Waals surface area contributed by atoms with Crippen molar-refractivity contribution in [2.45, 2.75) is 32.0 Å². The van der Waals surface area contributed by atoms with Crippen molar-refractivity contribution >= 4 is 11.7 Å². The summed E-state index contributed by atoms with van der Waals surface area (Å²) in [6, 6.07) is 13.0. The minimum atomic E-state index is -4.42. The van der Waals surface area contributed by atoms with Gasteiger partial charge in [0.2, 0.25) is 0 Å². The Labute approximate surface area is 174 Å². The molecular weight excluding hydrogens is 391 g/mol. The third-order valence-electron chi connectivity index (χ3n) is 6.07. The molecule has 1 saturated heterocycles. The highest BCUT2D eigenvalue weighted by Gasteiger charge is 2.31. The minimum absolute atomic E-state index is 0.170. The zero-order chi connectivity index (χ0) is 21.1. The number of likely N-dealkylation sites (tertiary alicyclic amines) is 1. The molecule has 2 amide bonds. The molecular formula is C23H26F3N3O. The molecule has 0 unspecified atom stereocenters. The fraction of sp³-hybridized carbons (Fsp3) is 0.435. The molecule has 2 aromatic rings. The Balaban J connectivity index is 1.26. The Morgan fingerprint density at radius 3 is 2.47 bits per heavy atom. The number of urea groups is 1. The maximum absolute atomic E-state index is 12.9. The van der Waals surface area contributed by atoms with E-state index in [0.29, 0.717) is 19.0 Å². The molecule has 4 nitrogen and oxygen atoms in total.